The van der Waals surface area contributed by atoms with Gasteiger partial charge in [-0.2, -0.15) is 0 Å². The Hall–Kier alpha value is -2.08. The van der Waals surface area contributed by atoms with Gasteiger partial charge in [-0.3, -0.25) is 4.79 Å². The maximum atomic E-state index is 12.8. The average molecular weight is 345 g/mol. The molecule has 1 spiro atoms. The van der Waals surface area contributed by atoms with Crippen LogP contribution < -0.4 is 5.32 Å². The quantitative estimate of drug-likeness (QED) is 0.843. The van der Waals surface area contributed by atoms with E-state index in [1.807, 2.05) is 30.3 Å². The summed E-state index contributed by atoms with van der Waals surface area (Å²) < 4.78 is 0. The SMILES string of the molecule is O=C(NCCc1ccccc1)N1CC[C@@]2(CCCN(CCO)C2=O)C1. The monoisotopic (exact) mass is 345 g/mol. The van der Waals surface area contributed by atoms with Crippen molar-refractivity contribution in [2.75, 3.05) is 39.3 Å². The summed E-state index contributed by atoms with van der Waals surface area (Å²) in [5.41, 5.74) is 0.757. The van der Waals surface area contributed by atoms with E-state index in [0.29, 0.717) is 32.7 Å². The first-order valence-electron chi connectivity index (χ1n) is 9.12. The van der Waals surface area contributed by atoms with Gasteiger partial charge in [-0.1, -0.05) is 30.3 Å². The Kier molecular flexibility index (Phi) is 5.58. The molecule has 136 valence electrons. The first-order chi connectivity index (χ1) is 12.1. The maximum absolute atomic E-state index is 12.8. The van der Waals surface area contributed by atoms with E-state index >= 15 is 0 Å². The highest BCUT2D eigenvalue weighted by Crippen LogP contribution is 2.39. The zero-order valence-corrected chi connectivity index (χ0v) is 14.6. The predicted octanol–water partition coefficient (Wildman–Crippen LogP) is 1.25. The number of rotatable bonds is 5. The number of carbonyl (C=O) groups excluding carboxylic acids is 2. The van der Waals surface area contributed by atoms with Crippen molar-refractivity contribution < 1.29 is 14.7 Å². The van der Waals surface area contributed by atoms with Crippen molar-refractivity contribution in [2.24, 2.45) is 5.41 Å². The van der Waals surface area contributed by atoms with E-state index in [9.17, 15) is 9.59 Å². The van der Waals surface area contributed by atoms with Gasteiger partial charge in [-0.15, -0.1) is 0 Å². The molecule has 2 saturated heterocycles. The average Bonchev–Trinajstić information content (AvgIpc) is 3.05. The fourth-order valence-electron chi connectivity index (χ4n) is 3.98. The van der Waals surface area contributed by atoms with Crippen LogP contribution in [0, 0.1) is 5.41 Å². The molecule has 0 bridgehead atoms. The third-order valence-electron chi connectivity index (χ3n) is 5.37. The number of aliphatic hydroxyl groups excluding tert-OH is 1. The molecule has 6 nitrogen and oxygen atoms in total. The molecule has 2 heterocycles. The standard InChI is InChI=1S/C19H27N3O3/c23-14-13-21-11-4-8-19(17(21)24)9-12-22(15-19)18(25)20-10-7-16-5-2-1-3-6-16/h1-3,5-6,23H,4,7-15H2,(H,20,25)/t19-/m0/s1. The molecule has 3 rings (SSSR count). The van der Waals surface area contributed by atoms with Crippen LogP contribution in [-0.4, -0.2) is 66.2 Å². The fourth-order valence-corrected chi connectivity index (χ4v) is 3.98. The van der Waals surface area contributed by atoms with E-state index < -0.39 is 5.41 Å². The summed E-state index contributed by atoms with van der Waals surface area (Å²) in [6.45, 7) is 2.80. The van der Waals surface area contributed by atoms with Gasteiger partial charge >= 0.3 is 6.03 Å². The Labute approximate surface area is 148 Å². The Morgan fingerprint density at radius 3 is 2.76 bits per heavy atom. The molecular weight excluding hydrogens is 318 g/mol. The topological polar surface area (TPSA) is 72.9 Å². The number of benzene rings is 1. The Morgan fingerprint density at radius 1 is 1.20 bits per heavy atom. The number of hydrogen-bond acceptors (Lipinski definition) is 3. The molecule has 0 aromatic heterocycles. The van der Waals surface area contributed by atoms with E-state index in [0.717, 1.165) is 25.7 Å². The van der Waals surface area contributed by atoms with Gasteiger partial charge < -0.3 is 20.2 Å². The molecule has 1 aromatic carbocycles. The van der Waals surface area contributed by atoms with Crippen LogP contribution in [0.15, 0.2) is 30.3 Å². The molecule has 0 radical (unpaired) electrons. The maximum Gasteiger partial charge on any atom is 0.317 e. The number of urea groups is 1. The largest absolute Gasteiger partial charge is 0.395 e. The summed E-state index contributed by atoms with van der Waals surface area (Å²) in [6.07, 6.45) is 3.30. The molecular formula is C19H27N3O3. The van der Waals surface area contributed by atoms with Gasteiger partial charge in [0.1, 0.15) is 0 Å². The van der Waals surface area contributed by atoms with Gasteiger partial charge in [0.2, 0.25) is 5.91 Å². The number of amides is 3. The third-order valence-corrected chi connectivity index (χ3v) is 5.37. The highest BCUT2D eigenvalue weighted by molar-refractivity contribution is 5.85. The minimum atomic E-state index is -0.440. The van der Waals surface area contributed by atoms with E-state index in [1.165, 1.54) is 5.56 Å². The van der Waals surface area contributed by atoms with Crippen LogP contribution in [0.4, 0.5) is 4.79 Å². The minimum absolute atomic E-state index is 0.00843. The number of carbonyl (C=O) groups is 2. The second-order valence-electron chi connectivity index (χ2n) is 7.04. The van der Waals surface area contributed by atoms with Gasteiger partial charge in [0.25, 0.3) is 0 Å². The molecule has 1 aromatic rings. The molecule has 2 aliphatic heterocycles. The van der Waals surface area contributed by atoms with Crippen LogP contribution in [0.1, 0.15) is 24.8 Å². The van der Waals surface area contributed by atoms with Crippen molar-refractivity contribution in [2.45, 2.75) is 25.7 Å². The molecule has 2 aliphatic rings. The second kappa shape index (κ2) is 7.87. The van der Waals surface area contributed by atoms with Gasteiger partial charge in [0.15, 0.2) is 0 Å². The summed E-state index contributed by atoms with van der Waals surface area (Å²) in [5.74, 6) is 0.104. The lowest BCUT2D eigenvalue weighted by atomic mass is 9.78. The van der Waals surface area contributed by atoms with Crippen LogP contribution in [0.5, 0.6) is 0 Å². The predicted molar refractivity (Wildman–Crippen MR) is 95.1 cm³/mol. The summed E-state index contributed by atoms with van der Waals surface area (Å²) in [7, 11) is 0. The van der Waals surface area contributed by atoms with Gasteiger partial charge in [0.05, 0.1) is 12.0 Å². The third kappa shape index (κ3) is 3.95. The number of hydrogen-bond donors (Lipinski definition) is 2. The molecule has 3 amide bonds. The normalized spacial score (nSPS) is 23.3. The van der Waals surface area contributed by atoms with Crippen LogP contribution in [0.3, 0.4) is 0 Å². The number of β-amino-alcohol motifs (C(OH)–C–C–N with tert-alkyl or cyclic N) is 1. The number of aliphatic hydroxyl groups is 1. The van der Waals surface area contributed by atoms with E-state index in [1.54, 1.807) is 9.80 Å². The lowest BCUT2D eigenvalue weighted by Crippen LogP contribution is -2.51. The van der Waals surface area contributed by atoms with Gasteiger partial charge in [0, 0.05) is 32.7 Å². The van der Waals surface area contributed by atoms with Crippen molar-refractivity contribution in [1.82, 2.24) is 15.1 Å². The molecule has 2 N–H and O–H groups in total. The number of piperidine rings is 1. The van der Waals surface area contributed by atoms with E-state index in [-0.39, 0.29) is 18.5 Å². The van der Waals surface area contributed by atoms with Crippen molar-refractivity contribution in [1.29, 1.82) is 0 Å². The molecule has 25 heavy (non-hydrogen) atoms. The smallest absolute Gasteiger partial charge is 0.317 e. The van der Waals surface area contributed by atoms with Crippen molar-refractivity contribution in [3.63, 3.8) is 0 Å². The number of nitrogens with zero attached hydrogens (tertiary/aromatic N) is 2. The first kappa shape index (κ1) is 17.7. The number of nitrogens with one attached hydrogen (secondary N) is 1. The Morgan fingerprint density at radius 2 is 2.00 bits per heavy atom. The zero-order valence-electron chi connectivity index (χ0n) is 14.6. The molecule has 0 unspecified atom stereocenters. The number of likely N-dealkylation sites (tertiary alicyclic amines) is 2. The lowest BCUT2D eigenvalue weighted by Gasteiger charge is -2.39. The summed E-state index contributed by atoms with van der Waals surface area (Å²) in [4.78, 5) is 28.7. The summed E-state index contributed by atoms with van der Waals surface area (Å²) >= 11 is 0. The Bertz CT molecular complexity index is 605. The molecule has 6 heteroatoms. The van der Waals surface area contributed by atoms with E-state index in [2.05, 4.69) is 5.32 Å². The van der Waals surface area contributed by atoms with Crippen molar-refractivity contribution in [3.8, 4) is 0 Å². The van der Waals surface area contributed by atoms with Crippen LogP contribution in [0.2, 0.25) is 0 Å². The zero-order chi connectivity index (χ0) is 17.7. The van der Waals surface area contributed by atoms with Gasteiger partial charge in [-0.05, 0) is 31.2 Å². The van der Waals surface area contributed by atoms with Crippen LogP contribution in [-0.2, 0) is 11.2 Å². The van der Waals surface area contributed by atoms with Gasteiger partial charge in [-0.25, -0.2) is 4.79 Å². The molecule has 0 saturated carbocycles. The summed E-state index contributed by atoms with van der Waals surface area (Å²) in [5, 5.41) is 12.1. The van der Waals surface area contributed by atoms with E-state index in [4.69, 9.17) is 5.11 Å². The van der Waals surface area contributed by atoms with Crippen LogP contribution >= 0.6 is 0 Å². The highest BCUT2D eigenvalue weighted by Gasteiger charge is 2.49. The fraction of sp³-hybridized carbons (Fsp3) is 0.579. The lowest BCUT2D eigenvalue weighted by molar-refractivity contribution is -0.146. The molecule has 1 atom stereocenters. The Balaban J connectivity index is 1.51. The van der Waals surface area contributed by atoms with Crippen molar-refractivity contribution >= 4 is 11.9 Å². The minimum Gasteiger partial charge on any atom is -0.395 e. The molecule has 2 fully saturated rings. The second-order valence-corrected chi connectivity index (χ2v) is 7.04. The highest BCUT2D eigenvalue weighted by atomic mass is 16.3. The van der Waals surface area contributed by atoms with Crippen molar-refractivity contribution in [3.05, 3.63) is 35.9 Å². The summed E-state index contributed by atoms with van der Waals surface area (Å²) in [6, 6.07) is 9.98. The first-order valence-corrected chi connectivity index (χ1v) is 9.12. The molecule has 0 aliphatic carbocycles. The van der Waals surface area contributed by atoms with Crippen LogP contribution in [0.25, 0.3) is 0 Å².